The van der Waals surface area contributed by atoms with E-state index in [0.717, 1.165) is 18.5 Å². The average Bonchev–Trinajstić information content (AvgIpc) is 2.63. The molecule has 0 saturated heterocycles. The molecule has 0 aliphatic carbocycles. The largest absolute Gasteiger partial charge is 0.356 e. The highest BCUT2D eigenvalue weighted by Gasteiger charge is 2.09. The number of nitrogens with zero attached hydrogens (tertiary/aromatic N) is 2. The van der Waals surface area contributed by atoms with Gasteiger partial charge in [-0.05, 0) is 17.9 Å². The van der Waals surface area contributed by atoms with Crippen molar-refractivity contribution in [2.24, 2.45) is 10.9 Å². The number of carbonyl (C=O) groups is 1. The van der Waals surface area contributed by atoms with Gasteiger partial charge in [-0.3, -0.25) is 4.79 Å². The minimum Gasteiger partial charge on any atom is -0.356 e. The van der Waals surface area contributed by atoms with Crippen molar-refractivity contribution in [2.45, 2.75) is 46.1 Å². The zero-order chi connectivity index (χ0) is 18.5. The summed E-state index contributed by atoms with van der Waals surface area (Å²) in [5.41, 5.74) is 1.15. The van der Waals surface area contributed by atoms with Crippen LogP contribution in [0.15, 0.2) is 35.3 Å². The van der Waals surface area contributed by atoms with E-state index in [1.54, 1.807) is 19.0 Å². The first-order valence-electron chi connectivity index (χ1n) is 9.33. The molecule has 0 bridgehead atoms. The lowest BCUT2D eigenvalue weighted by molar-refractivity contribution is -0.127. The van der Waals surface area contributed by atoms with Gasteiger partial charge < -0.3 is 15.5 Å². The number of hydrogen-bond acceptors (Lipinski definition) is 2. The molecule has 0 spiro atoms. The molecule has 26 heavy (non-hydrogen) atoms. The van der Waals surface area contributed by atoms with E-state index >= 15 is 0 Å². The van der Waals surface area contributed by atoms with E-state index in [-0.39, 0.29) is 36.4 Å². The molecular weight excluding hydrogens is 439 g/mol. The molecule has 148 valence electrons. The van der Waals surface area contributed by atoms with Gasteiger partial charge in [0.15, 0.2) is 5.96 Å². The Labute approximate surface area is 176 Å². The summed E-state index contributed by atoms with van der Waals surface area (Å²) in [7, 11) is 3.52. The summed E-state index contributed by atoms with van der Waals surface area (Å²) >= 11 is 0. The lowest BCUT2D eigenvalue weighted by atomic mass is 9.99. The van der Waals surface area contributed by atoms with Gasteiger partial charge in [0.2, 0.25) is 5.91 Å². The number of unbranched alkanes of at least 4 members (excludes halogenated alkanes) is 1. The molecule has 0 heterocycles. The van der Waals surface area contributed by atoms with Gasteiger partial charge in [-0.15, -0.1) is 24.0 Å². The second-order valence-corrected chi connectivity index (χ2v) is 6.59. The van der Waals surface area contributed by atoms with Gasteiger partial charge >= 0.3 is 0 Å². The molecule has 0 saturated carbocycles. The summed E-state index contributed by atoms with van der Waals surface area (Å²) in [6, 6.07) is 10.1. The predicted molar refractivity (Wildman–Crippen MR) is 121 cm³/mol. The lowest BCUT2D eigenvalue weighted by Crippen LogP contribution is -2.44. The maximum Gasteiger partial charge on any atom is 0.241 e. The standard InChI is InChI=1S/C20H34N4O.HI/c1-5-7-11-17(6-2)14-21-20(23-16-19(25)24(3)4)22-15-18-12-9-8-10-13-18;/h8-10,12-13,17H,5-7,11,14-16H2,1-4H3,(H2,21,22,23);1H. The Bertz CT molecular complexity index is 520. The molecule has 0 aliphatic rings. The third-order valence-electron chi connectivity index (χ3n) is 4.27. The zero-order valence-electron chi connectivity index (χ0n) is 16.6. The minimum atomic E-state index is 0. The van der Waals surface area contributed by atoms with Crippen molar-refractivity contribution >= 4 is 35.8 Å². The fraction of sp³-hybridized carbons (Fsp3) is 0.600. The van der Waals surface area contributed by atoms with Gasteiger partial charge in [-0.2, -0.15) is 0 Å². The van der Waals surface area contributed by atoms with Gasteiger partial charge in [-0.25, -0.2) is 4.99 Å². The van der Waals surface area contributed by atoms with Crippen LogP contribution in [0.4, 0.5) is 0 Å². The van der Waals surface area contributed by atoms with Crippen LogP contribution in [0.3, 0.4) is 0 Å². The van der Waals surface area contributed by atoms with Gasteiger partial charge in [0.25, 0.3) is 0 Å². The maximum atomic E-state index is 11.8. The number of aliphatic imine (C=N–C) groups is 1. The van der Waals surface area contributed by atoms with Gasteiger partial charge in [0, 0.05) is 20.6 Å². The first kappa shape index (κ1) is 24.7. The molecule has 1 rings (SSSR count). The highest BCUT2D eigenvalue weighted by Crippen LogP contribution is 2.11. The summed E-state index contributed by atoms with van der Waals surface area (Å²) in [5.74, 6) is 1.37. The van der Waals surface area contributed by atoms with Crippen LogP contribution in [0, 0.1) is 5.92 Å². The van der Waals surface area contributed by atoms with Crippen molar-refractivity contribution < 1.29 is 4.79 Å². The third kappa shape index (κ3) is 10.6. The van der Waals surface area contributed by atoms with Crippen LogP contribution in [-0.2, 0) is 11.3 Å². The van der Waals surface area contributed by atoms with E-state index in [4.69, 9.17) is 0 Å². The molecule has 1 unspecified atom stereocenters. The lowest BCUT2D eigenvalue weighted by Gasteiger charge is -2.19. The molecule has 6 heteroatoms. The first-order chi connectivity index (χ1) is 12.1. The van der Waals surface area contributed by atoms with Crippen molar-refractivity contribution in [3.05, 3.63) is 35.9 Å². The SMILES string of the molecule is CCCCC(CC)CNC(=NCc1ccccc1)NCC(=O)N(C)C.I. The Kier molecular flexibility index (Phi) is 14.1. The number of halogens is 1. The summed E-state index contributed by atoms with van der Waals surface area (Å²) < 4.78 is 0. The average molecular weight is 474 g/mol. The predicted octanol–water partition coefficient (Wildman–Crippen LogP) is 3.64. The summed E-state index contributed by atoms with van der Waals surface area (Å²) in [4.78, 5) is 18.1. The molecule has 2 N–H and O–H groups in total. The van der Waals surface area contributed by atoms with E-state index in [9.17, 15) is 4.79 Å². The number of guanidine groups is 1. The van der Waals surface area contributed by atoms with Crippen LogP contribution in [0.2, 0.25) is 0 Å². The smallest absolute Gasteiger partial charge is 0.241 e. The monoisotopic (exact) mass is 474 g/mol. The number of likely N-dealkylation sites (N-methyl/N-ethyl adjacent to an activating group) is 1. The second kappa shape index (κ2) is 14.8. The molecule has 5 nitrogen and oxygen atoms in total. The number of carbonyl (C=O) groups excluding carboxylic acids is 1. The van der Waals surface area contributed by atoms with Gasteiger partial charge in [-0.1, -0.05) is 63.4 Å². The maximum absolute atomic E-state index is 11.8. The normalized spacial score (nSPS) is 12.1. The molecule has 1 aromatic rings. The number of benzene rings is 1. The molecule has 0 aliphatic heterocycles. The van der Waals surface area contributed by atoms with Gasteiger partial charge in [0.05, 0.1) is 13.1 Å². The topological polar surface area (TPSA) is 56.7 Å². The highest BCUT2D eigenvalue weighted by molar-refractivity contribution is 14.0. The van der Waals surface area contributed by atoms with Gasteiger partial charge in [0.1, 0.15) is 0 Å². The van der Waals surface area contributed by atoms with E-state index in [2.05, 4.69) is 41.6 Å². The van der Waals surface area contributed by atoms with E-state index in [1.807, 2.05) is 18.2 Å². The second-order valence-electron chi connectivity index (χ2n) is 6.59. The number of amides is 1. The van der Waals surface area contributed by atoms with Crippen LogP contribution >= 0.6 is 24.0 Å². The van der Waals surface area contributed by atoms with Crippen LogP contribution in [0.25, 0.3) is 0 Å². The van der Waals surface area contributed by atoms with Crippen LogP contribution in [-0.4, -0.2) is 44.0 Å². The Morgan fingerprint density at radius 3 is 2.42 bits per heavy atom. The van der Waals surface area contributed by atoms with E-state index in [1.165, 1.54) is 19.3 Å². The van der Waals surface area contributed by atoms with Crippen LogP contribution in [0.1, 0.15) is 45.1 Å². The third-order valence-corrected chi connectivity index (χ3v) is 4.27. The van der Waals surface area contributed by atoms with E-state index < -0.39 is 0 Å². The number of hydrogen-bond donors (Lipinski definition) is 2. The molecule has 0 radical (unpaired) electrons. The van der Waals surface area contributed by atoms with Crippen molar-refractivity contribution in [1.82, 2.24) is 15.5 Å². The first-order valence-corrected chi connectivity index (χ1v) is 9.33. The van der Waals surface area contributed by atoms with Crippen molar-refractivity contribution in [3.8, 4) is 0 Å². The van der Waals surface area contributed by atoms with Crippen LogP contribution < -0.4 is 10.6 Å². The minimum absolute atomic E-state index is 0. The molecular formula is C20H35IN4O. The fourth-order valence-electron chi connectivity index (χ4n) is 2.43. The Morgan fingerprint density at radius 1 is 1.15 bits per heavy atom. The molecule has 0 aromatic heterocycles. The number of nitrogens with one attached hydrogen (secondary N) is 2. The van der Waals surface area contributed by atoms with Crippen molar-refractivity contribution in [2.75, 3.05) is 27.2 Å². The Hall–Kier alpha value is -1.31. The fourth-order valence-corrected chi connectivity index (χ4v) is 2.43. The van der Waals surface area contributed by atoms with Crippen LogP contribution in [0.5, 0.6) is 0 Å². The summed E-state index contributed by atoms with van der Waals surface area (Å²) in [6.07, 6.45) is 4.85. The highest BCUT2D eigenvalue weighted by atomic mass is 127. The summed E-state index contributed by atoms with van der Waals surface area (Å²) in [6.45, 7) is 6.18. The molecule has 0 fully saturated rings. The Morgan fingerprint density at radius 2 is 1.85 bits per heavy atom. The number of rotatable bonds is 10. The molecule has 1 aromatic carbocycles. The zero-order valence-corrected chi connectivity index (χ0v) is 19.0. The van der Waals surface area contributed by atoms with Crippen molar-refractivity contribution in [1.29, 1.82) is 0 Å². The summed E-state index contributed by atoms with van der Waals surface area (Å²) in [5, 5.41) is 6.57. The molecule has 1 atom stereocenters. The van der Waals surface area contributed by atoms with Crippen molar-refractivity contribution in [3.63, 3.8) is 0 Å². The van der Waals surface area contributed by atoms with E-state index in [0.29, 0.717) is 18.4 Å². The quantitative estimate of drug-likeness (QED) is 0.309. The molecule has 1 amide bonds. The Balaban J connectivity index is 0.00000625.